The van der Waals surface area contributed by atoms with Crippen molar-refractivity contribution < 1.29 is 14.4 Å². The molecule has 0 saturated carbocycles. The normalized spacial score (nSPS) is 16.6. The molecule has 1 heterocycles. The van der Waals surface area contributed by atoms with Crippen molar-refractivity contribution in [3.63, 3.8) is 0 Å². The van der Waals surface area contributed by atoms with Gasteiger partial charge in [-0.1, -0.05) is 33.1 Å². The molecule has 3 amide bonds. The molecule has 1 aliphatic rings. The van der Waals surface area contributed by atoms with Gasteiger partial charge in [0.1, 0.15) is 0 Å². The molecular weight excluding hydrogens is 256 g/mol. The van der Waals surface area contributed by atoms with Crippen molar-refractivity contribution in [1.29, 1.82) is 0 Å². The average Bonchev–Trinajstić information content (AvgIpc) is 2.76. The summed E-state index contributed by atoms with van der Waals surface area (Å²) in [6.45, 7) is 5.20. The second kappa shape index (κ2) is 8.72. The predicted molar refractivity (Wildman–Crippen MR) is 76.9 cm³/mol. The van der Waals surface area contributed by atoms with Crippen LogP contribution in [0.2, 0.25) is 0 Å². The minimum absolute atomic E-state index is 0.0764. The number of hydrogen-bond donors (Lipinski definition) is 1. The number of carbonyl (C=O) groups is 3. The van der Waals surface area contributed by atoms with Crippen LogP contribution in [0, 0.1) is 5.92 Å². The Morgan fingerprint density at radius 1 is 1.25 bits per heavy atom. The van der Waals surface area contributed by atoms with E-state index in [2.05, 4.69) is 19.2 Å². The maximum Gasteiger partial charge on any atom is 0.229 e. The fourth-order valence-corrected chi connectivity index (χ4v) is 2.38. The summed E-state index contributed by atoms with van der Waals surface area (Å²) < 4.78 is 0. The van der Waals surface area contributed by atoms with Gasteiger partial charge in [-0.3, -0.25) is 19.3 Å². The van der Waals surface area contributed by atoms with Crippen molar-refractivity contribution >= 4 is 17.7 Å². The smallest absolute Gasteiger partial charge is 0.229 e. The molecule has 0 aromatic heterocycles. The number of amides is 3. The van der Waals surface area contributed by atoms with Gasteiger partial charge < -0.3 is 5.32 Å². The quantitative estimate of drug-likeness (QED) is 0.656. The van der Waals surface area contributed by atoms with Crippen LogP contribution < -0.4 is 5.32 Å². The first-order chi connectivity index (χ1) is 9.58. The molecule has 5 nitrogen and oxygen atoms in total. The fourth-order valence-electron chi connectivity index (χ4n) is 2.38. The van der Waals surface area contributed by atoms with Gasteiger partial charge in [0, 0.05) is 32.4 Å². The largest absolute Gasteiger partial charge is 0.356 e. The third kappa shape index (κ3) is 5.31. The van der Waals surface area contributed by atoms with E-state index >= 15 is 0 Å². The Labute approximate surface area is 121 Å². The van der Waals surface area contributed by atoms with E-state index in [-0.39, 0.29) is 43.5 Å². The van der Waals surface area contributed by atoms with Crippen molar-refractivity contribution in [1.82, 2.24) is 10.2 Å². The monoisotopic (exact) mass is 282 g/mol. The molecule has 0 aromatic rings. The summed E-state index contributed by atoms with van der Waals surface area (Å²) in [7, 11) is 0. The minimum atomic E-state index is -0.155. The van der Waals surface area contributed by atoms with Gasteiger partial charge in [-0.05, 0) is 12.3 Å². The van der Waals surface area contributed by atoms with E-state index in [1.807, 2.05) is 0 Å². The summed E-state index contributed by atoms with van der Waals surface area (Å²) >= 11 is 0. The molecule has 0 aliphatic carbocycles. The Balaban J connectivity index is 2.22. The molecule has 0 radical (unpaired) electrons. The molecule has 0 aromatic carbocycles. The van der Waals surface area contributed by atoms with E-state index in [0.29, 0.717) is 12.5 Å². The first-order valence-electron chi connectivity index (χ1n) is 7.68. The number of likely N-dealkylation sites (tertiary alicyclic amines) is 1. The topological polar surface area (TPSA) is 66.5 Å². The zero-order chi connectivity index (χ0) is 15.0. The molecule has 1 rings (SSSR count). The fraction of sp³-hybridized carbons (Fsp3) is 0.800. The van der Waals surface area contributed by atoms with Gasteiger partial charge >= 0.3 is 0 Å². The molecule has 1 fully saturated rings. The van der Waals surface area contributed by atoms with E-state index in [9.17, 15) is 14.4 Å². The van der Waals surface area contributed by atoms with Gasteiger partial charge in [-0.25, -0.2) is 0 Å². The molecule has 5 heteroatoms. The van der Waals surface area contributed by atoms with E-state index < -0.39 is 0 Å². The highest BCUT2D eigenvalue weighted by Gasteiger charge is 2.28. The van der Waals surface area contributed by atoms with Crippen LogP contribution >= 0.6 is 0 Å². The van der Waals surface area contributed by atoms with Crippen molar-refractivity contribution in [2.75, 3.05) is 13.1 Å². The SMILES string of the molecule is CCCCC(CC)CNC(=O)CCN1C(=O)CCC1=O. The number of imide groups is 1. The van der Waals surface area contributed by atoms with Gasteiger partial charge in [0.15, 0.2) is 0 Å². The highest BCUT2D eigenvalue weighted by molar-refractivity contribution is 6.02. The summed E-state index contributed by atoms with van der Waals surface area (Å²) in [6, 6.07) is 0. The summed E-state index contributed by atoms with van der Waals surface area (Å²) in [5, 5.41) is 2.91. The molecule has 1 unspecified atom stereocenters. The highest BCUT2D eigenvalue weighted by Crippen LogP contribution is 2.13. The number of hydrogen-bond acceptors (Lipinski definition) is 3. The lowest BCUT2D eigenvalue weighted by atomic mass is 9.99. The number of nitrogens with one attached hydrogen (secondary N) is 1. The maximum absolute atomic E-state index is 11.7. The van der Waals surface area contributed by atoms with Crippen LogP contribution in [0.4, 0.5) is 0 Å². The molecule has 1 N–H and O–H groups in total. The minimum Gasteiger partial charge on any atom is -0.356 e. The maximum atomic E-state index is 11.7. The average molecular weight is 282 g/mol. The molecule has 0 spiro atoms. The lowest BCUT2D eigenvalue weighted by molar-refractivity contribution is -0.138. The van der Waals surface area contributed by atoms with Gasteiger partial charge in [0.2, 0.25) is 17.7 Å². The predicted octanol–water partition coefficient (Wildman–Crippen LogP) is 1.86. The molecular formula is C15H26N2O3. The first-order valence-corrected chi connectivity index (χ1v) is 7.68. The van der Waals surface area contributed by atoms with Gasteiger partial charge in [-0.2, -0.15) is 0 Å². The first kappa shape index (κ1) is 16.7. The van der Waals surface area contributed by atoms with Crippen molar-refractivity contribution in [2.45, 2.75) is 58.8 Å². The zero-order valence-corrected chi connectivity index (χ0v) is 12.6. The molecule has 1 aliphatic heterocycles. The zero-order valence-electron chi connectivity index (χ0n) is 12.6. The van der Waals surface area contributed by atoms with Crippen LogP contribution in [0.3, 0.4) is 0 Å². The van der Waals surface area contributed by atoms with Crippen LogP contribution in [0.25, 0.3) is 0 Å². The molecule has 1 saturated heterocycles. The number of carbonyl (C=O) groups excluding carboxylic acids is 3. The summed E-state index contributed by atoms with van der Waals surface area (Å²) in [6.07, 6.45) is 5.33. The van der Waals surface area contributed by atoms with Gasteiger partial charge in [0.05, 0.1) is 0 Å². The summed E-state index contributed by atoms with van der Waals surface area (Å²) in [4.78, 5) is 35.8. The molecule has 20 heavy (non-hydrogen) atoms. The van der Waals surface area contributed by atoms with Crippen LogP contribution in [0.5, 0.6) is 0 Å². The third-order valence-corrected chi connectivity index (χ3v) is 3.85. The number of nitrogens with zero attached hydrogens (tertiary/aromatic N) is 1. The Morgan fingerprint density at radius 3 is 2.45 bits per heavy atom. The van der Waals surface area contributed by atoms with Crippen LogP contribution in [-0.2, 0) is 14.4 Å². The lowest BCUT2D eigenvalue weighted by Gasteiger charge is -2.16. The third-order valence-electron chi connectivity index (χ3n) is 3.85. The van der Waals surface area contributed by atoms with Crippen LogP contribution in [0.1, 0.15) is 58.8 Å². The Hall–Kier alpha value is -1.39. The van der Waals surface area contributed by atoms with E-state index in [1.165, 1.54) is 17.7 Å². The van der Waals surface area contributed by atoms with Gasteiger partial charge in [-0.15, -0.1) is 0 Å². The van der Waals surface area contributed by atoms with E-state index in [0.717, 1.165) is 12.8 Å². The Kier molecular flexibility index (Phi) is 7.26. The van der Waals surface area contributed by atoms with Crippen molar-refractivity contribution in [3.8, 4) is 0 Å². The molecule has 114 valence electrons. The second-order valence-electron chi connectivity index (χ2n) is 5.41. The molecule has 0 bridgehead atoms. The standard InChI is InChI=1S/C15H26N2O3/c1-3-5-6-12(4-2)11-16-13(18)9-10-17-14(19)7-8-15(17)20/h12H,3-11H2,1-2H3,(H,16,18). The van der Waals surface area contributed by atoms with E-state index in [4.69, 9.17) is 0 Å². The molecule has 1 atom stereocenters. The van der Waals surface area contributed by atoms with Crippen molar-refractivity contribution in [3.05, 3.63) is 0 Å². The van der Waals surface area contributed by atoms with Crippen LogP contribution in [-0.4, -0.2) is 35.7 Å². The lowest BCUT2D eigenvalue weighted by Crippen LogP contribution is -2.35. The van der Waals surface area contributed by atoms with E-state index in [1.54, 1.807) is 0 Å². The number of unbranched alkanes of at least 4 members (excludes halogenated alkanes) is 1. The second-order valence-corrected chi connectivity index (χ2v) is 5.41. The van der Waals surface area contributed by atoms with Gasteiger partial charge in [0.25, 0.3) is 0 Å². The van der Waals surface area contributed by atoms with Crippen LogP contribution in [0.15, 0.2) is 0 Å². The summed E-state index contributed by atoms with van der Waals surface area (Å²) in [5.74, 6) is 0.135. The number of rotatable bonds is 9. The Morgan fingerprint density at radius 2 is 1.90 bits per heavy atom. The summed E-state index contributed by atoms with van der Waals surface area (Å²) in [5.41, 5.74) is 0. The highest BCUT2D eigenvalue weighted by atomic mass is 16.2. The Bertz CT molecular complexity index is 339. The van der Waals surface area contributed by atoms with Crippen molar-refractivity contribution in [2.24, 2.45) is 5.92 Å².